The lowest BCUT2D eigenvalue weighted by Gasteiger charge is -2.41. The van der Waals surface area contributed by atoms with Gasteiger partial charge in [-0.2, -0.15) is 0 Å². The third-order valence-electron chi connectivity index (χ3n) is 5.48. The van der Waals surface area contributed by atoms with E-state index in [9.17, 15) is 0 Å². The normalized spacial score (nSPS) is 19.7. The van der Waals surface area contributed by atoms with E-state index in [1.807, 2.05) is 6.07 Å². The first-order valence-corrected chi connectivity index (χ1v) is 8.85. The maximum atomic E-state index is 5.67. The van der Waals surface area contributed by atoms with Gasteiger partial charge in [-0.05, 0) is 60.6 Å². The summed E-state index contributed by atoms with van der Waals surface area (Å²) in [6.45, 7) is 2.10. The monoisotopic (exact) mass is 323 g/mol. The average Bonchev–Trinajstić information content (AvgIpc) is 3.05. The Bertz CT molecular complexity index is 741. The van der Waals surface area contributed by atoms with Crippen molar-refractivity contribution in [1.82, 2.24) is 4.90 Å². The Morgan fingerprint density at radius 3 is 2.58 bits per heavy atom. The van der Waals surface area contributed by atoms with Crippen molar-refractivity contribution in [2.24, 2.45) is 0 Å². The minimum absolute atomic E-state index is 0.484. The number of hydrogen-bond acceptors (Lipinski definition) is 3. The molecule has 0 spiro atoms. The van der Waals surface area contributed by atoms with Crippen LogP contribution in [0.2, 0.25) is 0 Å². The summed E-state index contributed by atoms with van der Waals surface area (Å²) in [7, 11) is 3.52. The molecule has 24 heavy (non-hydrogen) atoms. The number of ether oxygens (including phenoxy) is 2. The van der Waals surface area contributed by atoms with Gasteiger partial charge in [0.1, 0.15) is 11.5 Å². The van der Waals surface area contributed by atoms with Gasteiger partial charge in [-0.3, -0.25) is 4.90 Å². The Hall–Kier alpha value is -2.00. The average molecular weight is 323 g/mol. The number of aryl methyl sites for hydroxylation is 2. The molecule has 4 rings (SSSR count). The Kier molecular flexibility index (Phi) is 4.19. The lowest BCUT2D eigenvalue weighted by Crippen LogP contribution is -2.40. The second-order valence-electron chi connectivity index (χ2n) is 6.84. The van der Waals surface area contributed by atoms with Crippen LogP contribution in [-0.2, 0) is 19.4 Å². The van der Waals surface area contributed by atoms with E-state index >= 15 is 0 Å². The maximum Gasteiger partial charge on any atom is 0.123 e. The number of nitrogens with zero attached hydrogens (tertiary/aromatic N) is 1. The Morgan fingerprint density at radius 2 is 1.88 bits per heavy atom. The van der Waals surface area contributed by atoms with Gasteiger partial charge in [-0.25, -0.2) is 0 Å². The van der Waals surface area contributed by atoms with Crippen molar-refractivity contribution in [3.8, 4) is 11.5 Å². The minimum Gasteiger partial charge on any atom is -0.497 e. The maximum absolute atomic E-state index is 5.67. The van der Waals surface area contributed by atoms with Crippen LogP contribution < -0.4 is 9.47 Å². The van der Waals surface area contributed by atoms with E-state index in [-0.39, 0.29) is 0 Å². The topological polar surface area (TPSA) is 21.7 Å². The van der Waals surface area contributed by atoms with Crippen LogP contribution in [0.15, 0.2) is 36.4 Å². The molecule has 0 bridgehead atoms. The standard InChI is InChI=1S/C21H25NO2/c1-23-19-8-4-7-17(12-19)20-9-10-22(20)14-18-11-15-5-3-6-16(15)13-21(18)24-2/h4,7-8,11-13,20H,3,5-6,9-10,14H2,1-2H3. The van der Waals surface area contributed by atoms with Crippen LogP contribution in [0.25, 0.3) is 0 Å². The molecule has 1 fully saturated rings. The Labute approximate surface area is 144 Å². The molecule has 3 heteroatoms. The lowest BCUT2D eigenvalue weighted by molar-refractivity contribution is 0.0807. The first-order valence-electron chi connectivity index (χ1n) is 8.85. The van der Waals surface area contributed by atoms with Crippen LogP contribution in [0.4, 0.5) is 0 Å². The summed E-state index contributed by atoms with van der Waals surface area (Å²) in [5.74, 6) is 1.99. The van der Waals surface area contributed by atoms with Crippen molar-refractivity contribution in [3.05, 3.63) is 58.7 Å². The predicted octanol–water partition coefficient (Wildman–Crippen LogP) is 4.14. The summed E-state index contributed by atoms with van der Waals surface area (Å²) in [5.41, 5.74) is 5.67. The summed E-state index contributed by atoms with van der Waals surface area (Å²) in [5, 5.41) is 0. The van der Waals surface area contributed by atoms with E-state index in [1.54, 1.807) is 14.2 Å². The molecule has 126 valence electrons. The Morgan fingerprint density at radius 1 is 1.04 bits per heavy atom. The molecule has 1 atom stereocenters. The van der Waals surface area contributed by atoms with Crippen LogP contribution in [-0.4, -0.2) is 25.7 Å². The summed E-state index contributed by atoms with van der Waals surface area (Å²) in [6.07, 6.45) is 4.90. The van der Waals surface area contributed by atoms with Gasteiger partial charge in [0.25, 0.3) is 0 Å². The molecule has 0 amide bonds. The second kappa shape index (κ2) is 6.48. The highest BCUT2D eigenvalue weighted by atomic mass is 16.5. The van der Waals surface area contributed by atoms with Crippen LogP contribution in [0, 0.1) is 0 Å². The fourth-order valence-corrected chi connectivity index (χ4v) is 4.04. The van der Waals surface area contributed by atoms with E-state index in [1.165, 1.54) is 47.9 Å². The smallest absolute Gasteiger partial charge is 0.123 e. The first-order chi connectivity index (χ1) is 11.8. The molecular weight excluding hydrogens is 298 g/mol. The number of fused-ring (bicyclic) bond motifs is 1. The number of methoxy groups -OCH3 is 2. The molecule has 1 aliphatic carbocycles. The largest absolute Gasteiger partial charge is 0.497 e. The fourth-order valence-electron chi connectivity index (χ4n) is 4.04. The highest BCUT2D eigenvalue weighted by Gasteiger charge is 2.30. The lowest BCUT2D eigenvalue weighted by atomic mass is 9.93. The number of likely N-dealkylation sites (tertiary alicyclic amines) is 1. The molecule has 0 N–H and O–H groups in total. The third-order valence-corrected chi connectivity index (χ3v) is 5.48. The van der Waals surface area contributed by atoms with Gasteiger partial charge >= 0.3 is 0 Å². The van der Waals surface area contributed by atoms with E-state index in [0.717, 1.165) is 24.6 Å². The number of hydrogen-bond donors (Lipinski definition) is 0. The zero-order valence-corrected chi connectivity index (χ0v) is 14.5. The molecule has 2 aromatic rings. The van der Waals surface area contributed by atoms with E-state index in [0.29, 0.717) is 6.04 Å². The summed E-state index contributed by atoms with van der Waals surface area (Å²) in [6, 6.07) is 13.6. The third kappa shape index (κ3) is 2.78. The SMILES string of the molecule is COc1cccc(C2CCN2Cc2cc3c(cc2OC)CCC3)c1. The summed E-state index contributed by atoms with van der Waals surface area (Å²) < 4.78 is 11.0. The predicted molar refractivity (Wildman–Crippen MR) is 95.8 cm³/mol. The van der Waals surface area contributed by atoms with Crippen LogP contribution >= 0.6 is 0 Å². The van der Waals surface area contributed by atoms with E-state index < -0.39 is 0 Å². The van der Waals surface area contributed by atoms with Crippen molar-refractivity contribution < 1.29 is 9.47 Å². The number of benzene rings is 2. The molecule has 1 saturated heterocycles. The fraction of sp³-hybridized carbons (Fsp3) is 0.429. The van der Waals surface area contributed by atoms with Crippen LogP contribution in [0.3, 0.4) is 0 Å². The van der Waals surface area contributed by atoms with Crippen molar-refractivity contribution >= 4 is 0 Å². The zero-order valence-electron chi connectivity index (χ0n) is 14.5. The molecule has 2 aromatic carbocycles. The summed E-state index contributed by atoms with van der Waals surface area (Å²) >= 11 is 0. The number of rotatable bonds is 5. The van der Waals surface area contributed by atoms with Gasteiger partial charge in [0.05, 0.1) is 14.2 Å². The molecule has 3 nitrogen and oxygen atoms in total. The van der Waals surface area contributed by atoms with Crippen molar-refractivity contribution in [3.63, 3.8) is 0 Å². The van der Waals surface area contributed by atoms with Crippen molar-refractivity contribution in [2.75, 3.05) is 20.8 Å². The van der Waals surface area contributed by atoms with E-state index in [4.69, 9.17) is 9.47 Å². The minimum atomic E-state index is 0.484. The molecular formula is C21H25NO2. The van der Waals surface area contributed by atoms with Gasteiger partial charge in [0.15, 0.2) is 0 Å². The first kappa shape index (κ1) is 15.5. The van der Waals surface area contributed by atoms with Gasteiger partial charge < -0.3 is 9.47 Å². The zero-order chi connectivity index (χ0) is 16.5. The Balaban J connectivity index is 1.55. The van der Waals surface area contributed by atoms with Gasteiger partial charge in [-0.15, -0.1) is 0 Å². The quantitative estimate of drug-likeness (QED) is 0.825. The van der Waals surface area contributed by atoms with Crippen LogP contribution in [0.5, 0.6) is 11.5 Å². The highest BCUT2D eigenvalue weighted by molar-refractivity contribution is 5.45. The molecule has 1 aliphatic heterocycles. The molecule has 0 saturated carbocycles. The summed E-state index contributed by atoms with van der Waals surface area (Å²) in [4.78, 5) is 2.54. The molecule has 0 radical (unpaired) electrons. The van der Waals surface area contributed by atoms with E-state index in [2.05, 4.69) is 35.2 Å². The van der Waals surface area contributed by atoms with Gasteiger partial charge in [-0.1, -0.05) is 18.2 Å². The van der Waals surface area contributed by atoms with Gasteiger partial charge in [0, 0.05) is 24.7 Å². The second-order valence-corrected chi connectivity index (χ2v) is 6.84. The molecule has 1 unspecified atom stereocenters. The molecule has 0 aromatic heterocycles. The van der Waals surface area contributed by atoms with Crippen molar-refractivity contribution in [2.45, 2.75) is 38.3 Å². The highest BCUT2D eigenvalue weighted by Crippen LogP contribution is 2.38. The van der Waals surface area contributed by atoms with Gasteiger partial charge in [0.2, 0.25) is 0 Å². The molecule has 2 aliphatic rings. The van der Waals surface area contributed by atoms with Crippen molar-refractivity contribution in [1.29, 1.82) is 0 Å². The molecule has 1 heterocycles. The van der Waals surface area contributed by atoms with Crippen LogP contribution in [0.1, 0.15) is 41.1 Å².